The fourth-order valence-corrected chi connectivity index (χ4v) is 2.83. The van der Waals surface area contributed by atoms with E-state index in [9.17, 15) is 9.59 Å². The summed E-state index contributed by atoms with van der Waals surface area (Å²) in [6, 6.07) is 8.37. The zero-order chi connectivity index (χ0) is 16.8. The maximum Gasteiger partial charge on any atom is 0.338 e. The molecule has 3 atom stereocenters. The van der Waals surface area contributed by atoms with E-state index in [1.165, 1.54) is 12.5 Å². The second-order valence-corrected chi connectivity index (χ2v) is 6.12. The zero-order valence-corrected chi connectivity index (χ0v) is 13.5. The minimum absolute atomic E-state index is 0.152. The van der Waals surface area contributed by atoms with Crippen LogP contribution in [0.2, 0.25) is 0 Å². The van der Waals surface area contributed by atoms with Crippen LogP contribution in [0.1, 0.15) is 55.5 Å². The number of carbonyl (C=O) groups excluding carboxylic acids is 2. The molecule has 1 aliphatic rings. The number of ether oxygens (including phenoxy) is 1. The molecule has 0 spiro atoms. The van der Waals surface area contributed by atoms with E-state index in [-0.39, 0.29) is 17.5 Å². The van der Waals surface area contributed by atoms with Crippen LogP contribution in [0.3, 0.4) is 0 Å². The third-order valence-electron chi connectivity index (χ3n) is 4.32. The molecular formula is C18H22N2O3. The van der Waals surface area contributed by atoms with Crippen molar-refractivity contribution in [1.29, 1.82) is 5.26 Å². The summed E-state index contributed by atoms with van der Waals surface area (Å²) in [7, 11) is 0. The van der Waals surface area contributed by atoms with Crippen molar-refractivity contribution in [2.75, 3.05) is 0 Å². The maximum absolute atomic E-state index is 12.2. The van der Waals surface area contributed by atoms with Crippen LogP contribution < -0.4 is 5.32 Å². The van der Waals surface area contributed by atoms with Crippen LogP contribution in [0.5, 0.6) is 0 Å². The third kappa shape index (κ3) is 4.56. The van der Waals surface area contributed by atoms with Crippen molar-refractivity contribution in [1.82, 2.24) is 5.32 Å². The Morgan fingerprint density at radius 2 is 2.09 bits per heavy atom. The van der Waals surface area contributed by atoms with Gasteiger partial charge in [0, 0.05) is 6.04 Å². The standard InChI is InChI=1S/C18H22N2O3/c1-12-6-3-4-9-16(12)20-17(21)13(2)23-18(22)15-8-5-7-14(10-15)11-19/h5,7-8,10,12-13,16H,3-4,6,9H2,1-2H3,(H,20,21)/t12-,13-,16-/m1/s1. The van der Waals surface area contributed by atoms with Crippen molar-refractivity contribution in [3.05, 3.63) is 35.4 Å². The molecule has 1 aromatic carbocycles. The number of carbonyl (C=O) groups is 2. The molecule has 1 aromatic rings. The molecule has 5 nitrogen and oxygen atoms in total. The molecule has 0 radical (unpaired) electrons. The summed E-state index contributed by atoms with van der Waals surface area (Å²) in [5.41, 5.74) is 0.655. The van der Waals surface area contributed by atoms with Crippen molar-refractivity contribution in [3.8, 4) is 6.07 Å². The highest BCUT2D eigenvalue weighted by atomic mass is 16.5. The van der Waals surface area contributed by atoms with Crippen LogP contribution in [-0.4, -0.2) is 24.0 Å². The topological polar surface area (TPSA) is 79.2 Å². The molecule has 0 aromatic heterocycles. The van der Waals surface area contributed by atoms with Gasteiger partial charge in [-0.3, -0.25) is 4.79 Å². The Hall–Kier alpha value is -2.35. The van der Waals surface area contributed by atoms with E-state index in [2.05, 4.69) is 12.2 Å². The summed E-state index contributed by atoms with van der Waals surface area (Å²) in [5, 5.41) is 11.8. The molecule has 0 heterocycles. The number of hydrogen-bond acceptors (Lipinski definition) is 4. The Kier molecular flexibility index (Phi) is 5.75. The van der Waals surface area contributed by atoms with Gasteiger partial charge in [0.2, 0.25) is 0 Å². The van der Waals surface area contributed by atoms with Crippen LogP contribution in [-0.2, 0) is 9.53 Å². The van der Waals surface area contributed by atoms with E-state index in [1.54, 1.807) is 25.1 Å². The molecule has 0 aliphatic heterocycles. The Balaban J connectivity index is 1.92. The molecule has 5 heteroatoms. The van der Waals surface area contributed by atoms with Gasteiger partial charge in [-0.05, 0) is 43.9 Å². The van der Waals surface area contributed by atoms with Gasteiger partial charge in [-0.15, -0.1) is 0 Å². The van der Waals surface area contributed by atoms with Crippen molar-refractivity contribution >= 4 is 11.9 Å². The van der Waals surface area contributed by atoms with E-state index >= 15 is 0 Å². The Morgan fingerprint density at radius 1 is 1.35 bits per heavy atom. The van der Waals surface area contributed by atoms with Crippen molar-refractivity contribution in [2.45, 2.75) is 51.7 Å². The minimum Gasteiger partial charge on any atom is -0.449 e. The fourth-order valence-electron chi connectivity index (χ4n) is 2.83. The molecule has 1 amide bonds. The van der Waals surface area contributed by atoms with Gasteiger partial charge >= 0.3 is 5.97 Å². The van der Waals surface area contributed by atoms with Gasteiger partial charge in [0.1, 0.15) is 0 Å². The Labute approximate surface area is 136 Å². The molecule has 0 bridgehead atoms. The maximum atomic E-state index is 12.2. The van der Waals surface area contributed by atoms with Gasteiger partial charge in [-0.2, -0.15) is 5.26 Å². The molecule has 2 rings (SSSR count). The van der Waals surface area contributed by atoms with Crippen LogP contribution in [0.25, 0.3) is 0 Å². The first-order chi connectivity index (χ1) is 11.0. The lowest BCUT2D eigenvalue weighted by Crippen LogP contribution is -2.45. The Bertz CT molecular complexity index is 621. The smallest absolute Gasteiger partial charge is 0.338 e. The summed E-state index contributed by atoms with van der Waals surface area (Å²) in [5.74, 6) is -0.419. The van der Waals surface area contributed by atoms with Crippen LogP contribution in [0.4, 0.5) is 0 Å². The summed E-state index contributed by atoms with van der Waals surface area (Å²) in [4.78, 5) is 24.3. The van der Waals surface area contributed by atoms with Gasteiger partial charge < -0.3 is 10.1 Å². The molecular weight excluding hydrogens is 292 g/mol. The second kappa shape index (κ2) is 7.77. The van der Waals surface area contributed by atoms with Crippen LogP contribution in [0, 0.1) is 17.2 Å². The predicted octanol–water partition coefficient (Wildman–Crippen LogP) is 2.80. The van der Waals surface area contributed by atoms with Gasteiger partial charge in [0.25, 0.3) is 5.91 Å². The van der Waals surface area contributed by atoms with Gasteiger partial charge in [0.15, 0.2) is 6.10 Å². The fraction of sp³-hybridized carbons (Fsp3) is 0.500. The van der Waals surface area contributed by atoms with E-state index in [1.807, 2.05) is 6.07 Å². The zero-order valence-electron chi connectivity index (χ0n) is 13.5. The minimum atomic E-state index is -0.859. The lowest BCUT2D eigenvalue weighted by atomic mass is 9.86. The summed E-state index contributed by atoms with van der Waals surface area (Å²) in [6.07, 6.45) is 3.54. The number of nitrogens with zero attached hydrogens (tertiary/aromatic N) is 1. The molecule has 1 fully saturated rings. The second-order valence-electron chi connectivity index (χ2n) is 6.12. The number of nitrogens with one attached hydrogen (secondary N) is 1. The first kappa shape index (κ1) is 17.0. The monoisotopic (exact) mass is 314 g/mol. The van der Waals surface area contributed by atoms with Gasteiger partial charge in [0.05, 0.1) is 17.2 Å². The highest BCUT2D eigenvalue weighted by Gasteiger charge is 2.26. The molecule has 122 valence electrons. The number of rotatable bonds is 4. The van der Waals surface area contributed by atoms with E-state index in [0.29, 0.717) is 11.5 Å². The number of nitriles is 1. The number of benzene rings is 1. The molecule has 23 heavy (non-hydrogen) atoms. The lowest BCUT2D eigenvalue weighted by Gasteiger charge is -2.30. The first-order valence-corrected chi connectivity index (χ1v) is 8.02. The average Bonchev–Trinajstić information content (AvgIpc) is 2.56. The predicted molar refractivity (Wildman–Crippen MR) is 85.6 cm³/mol. The van der Waals surface area contributed by atoms with Gasteiger partial charge in [-0.1, -0.05) is 25.8 Å². The molecule has 1 saturated carbocycles. The molecule has 0 unspecified atom stereocenters. The molecule has 1 N–H and O–H groups in total. The summed E-state index contributed by atoms with van der Waals surface area (Å²) in [6.45, 7) is 3.70. The average molecular weight is 314 g/mol. The largest absolute Gasteiger partial charge is 0.449 e. The summed E-state index contributed by atoms with van der Waals surface area (Å²) < 4.78 is 5.21. The van der Waals surface area contributed by atoms with E-state index in [0.717, 1.165) is 19.3 Å². The highest BCUT2D eigenvalue weighted by Crippen LogP contribution is 2.23. The van der Waals surface area contributed by atoms with E-state index in [4.69, 9.17) is 10.00 Å². The SMILES string of the molecule is C[C@@H]1CCCC[C@H]1NC(=O)[C@@H](C)OC(=O)c1cccc(C#N)c1. The van der Waals surface area contributed by atoms with Crippen LogP contribution >= 0.6 is 0 Å². The van der Waals surface area contributed by atoms with Crippen molar-refractivity contribution < 1.29 is 14.3 Å². The quantitative estimate of drug-likeness (QED) is 0.867. The van der Waals surface area contributed by atoms with Crippen molar-refractivity contribution in [3.63, 3.8) is 0 Å². The number of esters is 1. The first-order valence-electron chi connectivity index (χ1n) is 8.02. The number of amides is 1. The summed E-state index contributed by atoms with van der Waals surface area (Å²) >= 11 is 0. The van der Waals surface area contributed by atoms with Gasteiger partial charge in [-0.25, -0.2) is 4.79 Å². The van der Waals surface area contributed by atoms with Crippen LogP contribution in [0.15, 0.2) is 24.3 Å². The lowest BCUT2D eigenvalue weighted by molar-refractivity contribution is -0.130. The molecule has 1 aliphatic carbocycles. The normalized spacial score (nSPS) is 21.8. The third-order valence-corrected chi connectivity index (χ3v) is 4.32. The molecule has 0 saturated heterocycles. The highest BCUT2D eigenvalue weighted by molar-refractivity contribution is 5.92. The Morgan fingerprint density at radius 3 is 2.78 bits per heavy atom. The van der Waals surface area contributed by atoms with E-state index < -0.39 is 12.1 Å². The number of hydrogen-bond donors (Lipinski definition) is 1. The van der Waals surface area contributed by atoms with Crippen molar-refractivity contribution in [2.24, 2.45) is 5.92 Å².